The third-order valence-electron chi connectivity index (χ3n) is 3.54. The lowest BCUT2D eigenvalue weighted by atomic mass is 10.2. The van der Waals surface area contributed by atoms with Crippen molar-refractivity contribution in [2.45, 2.75) is 25.8 Å². The number of nitrogens with one attached hydrogen (secondary N) is 2. The van der Waals surface area contributed by atoms with Crippen molar-refractivity contribution < 1.29 is 9.18 Å². The summed E-state index contributed by atoms with van der Waals surface area (Å²) in [4.78, 5) is 14.3. The van der Waals surface area contributed by atoms with Gasteiger partial charge in [0, 0.05) is 18.3 Å². The third kappa shape index (κ3) is 4.28. The molecule has 1 aliphatic rings. The summed E-state index contributed by atoms with van der Waals surface area (Å²) in [5, 5.41) is 6.14. The van der Waals surface area contributed by atoms with Crippen LogP contribution < -0.4 is 10.6 Å². The van der Waals surface area contributed by atoms with E-state index in [2.05, 4.69) is 22.5 Å². The van der Waals surface area contributed by atoms with Crippen LogP contribution in [0.1, 0.15) is 19.8 Å². The molecule has 4 nitrogen and oxygen atoms in total. The molecule has 0 aliphatic carbocycles. The smallest absolute Gasteiger partial charge is 0.238 e. The standard InChI is InChI=1S/C15H22FN3O/c1-2-9-19(14-7-8-17-10-14)11-15(20)18-13-5-3-12(16)4-6-13/h3-6,14,17H,2,7-11H2,1H3,(H,18,20). The number of amides is 1. The Morgan fingerprint density at radius 1 is 1.45 bits per heavy atom. The fourth-order valence-electron chi connectivity index (χ4n) is 2.55. The van der Waals surface area contributed by atoms with Gasteiger partial charge in [-0.05, 0) is 50.2 Å². The summed E-state index contributed by atoms with van der Waals surface area (Å²) in [5.74, 6) is -0.343. The van der Waals surface area contributed by atoms with E-state index in [-0.39, 0.29) is 11.7 Å². The van der Waals surface area contributed by atoms with Crippen molar-refractivity contribution in [1.29, 1.82) is 0 Å². The van der Waals surface area contributed by atoms with E-state index in [4.69, 9.17) is 0 Å². The van der Waals surface area contributed by atoms with Crippen molar-refractivity contribution in [1.82, 2.24) is 10.2 Å². The quantitative estimate of drug-likeness (QED) is 0.835. The Balaban J connectivity index is 1.88. The first kappa shape index (κ1) is 14.9. The van der Waals surface area contributed by atoms with Gasteiger partial charge in [-0.1, -0.05) is 6.92 Å². The molecule has 2 N–H and O–H groups in total. The van der Waals surface area contributed by atoms with E-state index in [1.165, 1.54) is 12.1 Å². The predicted molar refractivity (Wildman–Crippen MR) is 78.2 cm³/mol. The first-order valence-electron chi connectivity index (χ1n) is 7.19. The van der Waals surface area contributed by atoms with E-state index >= 15 is 0 Å². The van der Waals surface area contributed by atoms with Crippen LogP contribution in [0.25, 0.3) is 0 Å². The fraction of sp³-hybridized carbons (Fsp3) is 0.533. The minimum absolute atomic E-state index is 0.0445. The molecule has 0 saturated carbocycles. The number of anilines is 1. The predicted octanol–water partition coefficient (Wildman–Crippen LogP) is 1.84. The molecule has 1 saturated heterocycles. The molecule has 110 valence electrons. The van der Waals surface area contributed by atoms with E-state index in [1.54, 1.807) is 12.1 Å². The van der Waals surface area contributed by atoms with Crippen molar-refractivity contribution in [3.8, 4) is 0 Å². The topological polar surface area (TPSA) is 44.4 Å². The van der Waals surface area contributed by atoms with Crippen LogP contribution in [-0.2, 0) is 4.79 Å². The number of hydrogen-bond acceptors (Lipinski definition) is 3. The Morgan fingerprint density at radius 2 is 2.20 bits per heavy atom. The lowest BCUT2D eigenvalue weighted by molar-refractivity contribution is -0.117. The highest BCUT2D eigenvalue weighted by Gasteiger charge is 2.23. The van der Waals surface area contributed by atoms with Crippen LogP contribution in [0.2, 0.25) is 0 Å². The Labute approximate surface area is 119 Å². The molecule has 1 atom stereocenters. The molecule has 5 heteroatoms. The van der Waals surface area contributed by atoms with Crippen molar-refractivity contribution in [3.05, 3.63) is 30.1 Å². The van der Waals surface area contributed by atoms with Crippen LogP contribution in [0, 0.1) is 5.82 Å². The molecule has 1 heterocycles. The third-order valence-corrected chi connectivity index (χ3v) is 3.54. The summed E-state index contributed by atoms with van der Waals surface area (Å²) in [6.07, 6.45) is 2.12. The molecule has 2 rings (SSSR count). The molecular weight excluding hydrogens is 257 g/mol. The van der Waals surface area contributed by atoms with Crippen molar-refractivity contribution in [2.24, 2.45) is 0 Å². The molecule has 1 aromatic rings. The van der Waals surface area contributed by atoms with Gasteiger partial charge < -0.3 is 10.6 Å². The zero-order valence-electron chi connectivity index (χ0n) is 11.9. The highest BCUT2D eigenvalue weighted by Crippen LogP contribution is 2.11. The summed E-state index contributed by atoms with van der Waals surface area (Å²) < 4.78 is 12.8. The first-order valence-corrected chi connectivity index (χ1v) is 7.19. The minimum atomic E-state index is -0.298. The summed E-state index contributed by atoms with van der Waals surface area (Å²) in [6, 6.07) is 6.29. The zero-order valence-corrected chi connectivity index (χ0v) is 11.9. The average molecular weight is 279 g/mol. The second-order valence-electron chi connectivity index (χ2n) is 5.17. The first-order chi connectivity index (χ1) is 9.69. The van der Waals surface area contributed by atoms with Crippen LogP contribution in [0.4, 0.5) is 10.1 Å². The van der Waals surface area contributed by atoms with E-state index in [0.717, 1.165) is 32.5 Å². The summed E-state index contributed by atoms with van der Waals surface area (Å²) in [6.45, 7) is 5.39. The Bertz CT molecular complexity index is 429. The van der Waals surface area contributed by atoms with Gasteiger partial charge in [0.05, 0.1) is 6.54 Å². The van der Waals surface area contributed by atoms with Gasteiger partial charge in [-0.3, -0.25) is 9.69 Å². The number of nitrogens with zero attached hydrogens (tertiary/aromatic N) is 1. The van der Waals surface area contributed by atoms with Gasteiger partial charge in [0.1, 0.15) is 5.82 Å². The number of carbonyl (C=O) groups is 1. The molecule has 1 aromatic carbocycles. The average Bonchev–Trinajstić information content (AvgIpc) is 2.95. The Kier molecular flexibility index (Phi) is 5.49. The van der Waals surface area contributed by atoms with Gasteiger partial charge in [-0.15, -0.1) is 0 Å². The maximum absolute atomic E-state index is 12.8. The number of halogens is 1. The molecule has 0 radical (unpaired) electrons. The summed E-state index contributed by atoms with van der Waals surface area (Å²) >= 11 is 0. The molecule has 0 aromatic heterocycles. The highest BCUT2D eigenvalue weighted by molar-refractivity contribution is 5.92. The van der Waals surface area contributed by atoms with E-state index in [1.807, 2.05) is 0 Å². The summed E-state index contributed by atoms with van der Waals surface area (Å²) in [7, 11) is 0. The van der Waals surface area contributed by atoms with E-state index in [0.29, 0.717) is 18.3 Å². The molecule has 20 heavy (non-hydrogen) atoms. The Morgan fingerprint density at radius 3 is 2.80 bits per heavy atom. The van der Waals surface area contributed by atoms with Crippen LogP contribution in [0.5, 0.6) is 0 Å². The van der Waals surface area contributed by atoms with Crippen molar-refractivity contribution >= 4 is 11.6 Å². The van der Waals surface area contributed by atoms with Gasteiger partial charge in [0.15, 0.2) is 0 Å². The van der Waals surface area contributed by atoms with E-state index < -0.39 is 0 Å². The van der Waals surface area contributed by atoms with Crippen LogP contribution >= 0.6 is 0 Å². The second kappa shape index (κ2) is 7.36. The monoisotopic (exact) mass is 279 g/mol. The Hall–Kier alpha value is -1.46. The lowest BCUT2D eigenvalue weighted by Gasteiger charge is -2.27. The molecule has 0 spiro atoms. The van der Waals surface area contributed by atoms with Gasteiger partial charge >= 0.3 is 0 Å². The number of rotatable bonds is 6. The van der Waals surface area contributed by atoms with Crippen LogP contribution in [0.3, 0.4) is 0 Å². The molecule has 1 aliphatic heterocycles. The van der Waals surface area contributed by atoms with Gasteiger partial charge in [0.2, 0.25) is 5.91 Å². The molecule has 1 unspecified atom stereocenters. The fourth-order valence-corrected chi connectivity index (χ4v) is 2.55. The summed E-state index contributed by atoms with van der Waals surface area (Å²) in [5.41, 5.74) is 0.636. The van der Waals surface area contributed by atoms with Crippen molar-refractivity contribution in [2.75, 3.05) is 31.5 Å². The second-order valence-corrected chi connectivity index (χ2v) is 5.17. The molecule has 1 amide bonds. The van der Waals surface area contributed by atoms with Crippen molar-refractivity contribution in [3.63, 3.8) is 0 Å². The van der Waals surface area contributed by atoms with Crippen LogP contribution in [0.15, 0.2) is 24.3 Å². The highest BCUT2D eigenvalue weighted by atomic mass is 19.1. The van der Waals surface area contributed by atoms with Crippen LogP contribution in [-0.4, -0.2) is 43.0 Å². The molecule has 0 bridgehead atoms. The van der Waals surface area contributed by atoms with Gasteiger partial charge in [-0.2, -0.15) is 0 Å². The number of benzene rings is 1. The maximum Gasteiger partial charge on any atom is 0.238 e. The SMILES string of the molecule is CCCN(CC(=O)Nc1ccc(F)cc1)C1CCNC1. The maximum atomic E-state index is 12.8. The minimum Gasteiger partial charge on any atom is -0.325 e. The van der Waals surface area contributed by atoms with Gasteiger partial charge in [0.25, 0.3) is 0 Å². The molecule has 1 fully saturated rings. The van der Waals surface area contributed by atoms with E-state index in [9.17, 15) is 9.18 Å². The largest absolute Gasteiger partial charge is 0.325 e. The number of carbonyl (C=O) groups excluding carboxylic acids is 1. The lowest BCUT2D eigenvalue weighted by Crippen LogP contribution is -2.42. The van der Waals surface area contributed by atoms with Gasteiger partial charge in [-0.25, -0.2) is 4.39 Å². The normalized spacial score (nSPS) is 18.4. The molecular formula is C15H22FN3O. The zero-order chi connectivity index (χ0) is 14.4. The number of hydrogen-bond donors (Lipinski definition) is 2.